The lowest BCUT2D eigenvalue weighted by atomic mass is 10.1. The van der Waals surface area contributed by atoms with Crippen LogP contribution in [0, 0.1) is 5.92 Å². The monoisotopic (exact) mass is 275 g/mol. The van der Waals surface area contributed by atoms with Crippen LogP contribution in [0.25, 0.3) is 0 Å². The first-order valence-electron chi connectivity index (χ1n) is 7.94. The molecule has 20 heavy (non-hydrogen) atoms. The molecule has 4 nitrogen and oxygen atoms in total. The maximum absolute atomic E-state index is 12.2. The summed E-state index contributed by atoms with van der Waals surface area (Å²) in [5.74, 6) is 1.05. The highest BCUT2D eigenvalue weighted by Crippen LogP contribution is 2.40. The second kappa shape index (κ2) is 6.00. The van der Waals surface area contributed by atoms with E-state index in [0.717, 1.165) is 38.4 Å². The molecule has 4 heteroatoms. The molecular formula is C16H25N3O. The number of carbonyl (C=O) groups is 1. The van der Waals surface area contributed by atoms with Crippen LogP contribution in [0.5, 0.6) is 0 Å². The van der Waals surface area contributed by atoms with Crippen molar-refractivity contribution in [2.45, 2.75) is 45.2 Å². The fraction of sp³-hybridized carbons (Fsp3) is 0.688. The number of rotatable bonds is 6. The van der Waals surface area contributed by atoms with Gasteiger partial charge in [0.2, 0.25) is 5.91 Å². The number of nitrogens with zero attached hydrogens (tertiary/aromatic N) is 2. The quantitative estimate of drug-likeness (QED) is 0.864. The van der Waals surface area contributed by atoms with Gasteiger partial charge in [-0.1, -0.05) is 6.92 Å². The first kappa shape index (κ1) is 13.7. The molecule has 1 aliphatic carbocycles. The molecular weight excluding hydrogens is 250 g/mol. The summed E-state index contributed by atoms with van der Waals surface area (Å²) in [6.07, 6.45) is 9.18. The SMILES string of the molecule is CCNC(c1ccn(CC(=O)N2CCCC2)c1)C1CC1. The van der Waals surface area contributed by atoms with E-state index in [1.807, 2.05) is 9.47 Å². The third-order valence-corrected chi connectivity index (χ3v) is 4.43. The van der Waals surface area contributed by atoms with Gasteiger partial charge in [-0.2, -0.15) is 0 Å². The van der Waals surface area contributed by atoms with Crippen LogP contribution < -0.4 is 5.32 Å². The van der Waals surface area contributed by atoms with Crippen molar-refractivity contribution in [3.8, 4) is 0 Å². The maximum Gasteiger partial charge on any atom is 0.242 e. The van der Waals surface area contributed by atoms with E-state index >= 15 is 0 Å². The van der Waals surface area contributed by atoms with E-state index in [0.29, 0.717) is 12.6 Å². The number of carbonyl (C=O) groups excluding carboxylic acids is 1. The molecule has 1 atom stereocenters. The standard InChI is InChI=1S/C16H25N3O/c1-2-17-16(13-5-6-13)14-7-10-18(11-14)12-15(20)19-8-3-4-9-19/h7,10-11,13,16-17H,2-6,8-9,12H2,1H3. The molecule has 1 amide bonds. The first-order valence-corrected chi connectivity index (χ1v) is 7.94. The van der Waals surface area contributed by atoms with Crippen LogP contribution in [-0.4, -0.2) is 35.0 Å². The second-order valence-electron chi connectivity index (χ2n) is 6.08. The van der Waals surface area contributed by atoms with Gasteiger partial charge in [-0.25, -0.2) is 0 Å². The molecule has 1 aromatic heterocycles. The van der Waals surface area contributed by atoms with Gasteiger partial charge in [0.1, 0.15) is 6.54 Å². The van der Waals surface area contributed by atoms with E-state index in [2.05, 4.69) is 30.7 Å². The van der Waals surface area contributed by atoms with Crippen LogP contribution in [0.4, 0.5) is 0 Å². The molecule has 0 aromatic carbocycles. The Balaban J connectivity index is 1.62. The lowest BCUT2D eigenvalue weighted by Crippen LogP contribution is -2.30. The van der Waals surface area contributed by atoms with Gasteiger partial charge in [-0.15, -0.1) is 0 Å². The van der Waals surface area contributed by atoms with Crippen LogP contribution in [0.15, 0.2) is 18.5 Å². The predicted molar refractivity (Wildman–Crippen MR) is 79.4 cm³/mol. The average Bonchev–Trinajstić information content (AvgIpc) is 2.94. The summed E-state index contributed by atoms with van der Waals surface area (Å²) >= 11 is 0. The third-order valence-electron chi connectivity index (χ3n) is 4.43. The van der Waals surface area contributed by atoms with Gasteiger partial charge in [-0.3, -0.25) is 4.79 Å². The molecule has 1 saturated heterocycles. The van der Waals surface area contributed by atoms with Crippen LogP contribution >= 0.6 is 0 Å². The van der Waals surface area contributed by atoms with Crippen molar-refractivity contribution in [3.05, 3.63) is 24.0 Å². The lowest BCUT2D eigenvalue weighted by molar-refractivity contribution is -0.130. The fourth-order valence-corrected chi connectivity index (χ4v) is 3.17. The zero-order valence-electron chi connectivity index (χ0n) is 12.3. The van der Waals surface area contributed by atoms with E-state index in [1.54, 1.807) is 0 Å². The molecule has 1 saturated carbocycles. The van der Waals surface area contributed by atoms with E-state index in [4.69, 9.17) is 0 Å². The molecule has 2 fully saturated rings. The van der Waals surface area contributed by atoms with Gasteiger partial charge in [0.05, 0.1) is 0 Å². The Morgan fingerprint density at radius 3 is 2.80 bits per heavy atom. The van der Waals surface area contributed by atoms with Crippen molar-refractivity contribution in [3.63, 3.8) is 0 Å². The maximum atomic E-state index is 12.2. The minimum atomic E-state index is 0.260. The Kier molecular flexibility index (Phi) is 4.10. The highest BCUT2D eigenvalue weighted by molar-refractivity contribution is 5.76. The molecule has 110 valence electrons. The molecule has 0 bridgehead atoms. The summed E-state index contributed by atoms with van der Waals surface area (Å²) in [6, 6.07) is 2.64. The van der Waals surface area contributed by atoms with Crippen molar-refractivity contribution in [2.24, 2.45) is 5.92 Å². The predicted octanol–water partition coefficient (Wildman–Crippen LogP) is 2.17. The second-order valence-corrected chi connectivity index (χ2v) is 6.08. The highest BCUT2D eigenvalue weighted by atomic mass is 16.2. The summed E-state index contributed by atoms with van der Waals surface area (Å²) < 4.78 is 2.04. The summed E-state index contributed by atoms with van der Waals surface area (Å²) in [5, 5.41) is 3.57. The van der Waals surface area contributed by atoms with Crippen molar-refractivity contribution in [1.29, 1.82) is 0 Å². The van der Waals surface area contributed by atoms with Gasteiger partial charge >= 0.3 is 0 Å². The first-order chi connectivity index (χ1) is 9.78. The zero-order chi connectivity index (χ0) is 13.9. The van der Waals surface area contributed by atoms with Crippen molar-refractivity contribution >= 4 is 5.91 Å². The van der Waals surface area contributed by atoms with Crippen molar-refractivity contribution < 1.29 is 4.79 Å². The van der Waals surface area contributed by atoms with Gasteiger partial charge < -0.3 is 14.8 Å². The molecule has 1 unspecified atom stereocenters. The Hall–Kier alpha value is -1.29. The molecule has 1 aliphatic heterocycles. The van der Waals surface area contributed by atoms with Gasteiger partial charge in [0, 0.05) is 31.5 Å². The summed E-state index contributed by atoms with van der Waals surface area (Å²) in [7, 11) is 0. The van der Waals surface area contributed by atoms with Gasteiger partial charge in [-0.05, 0) is 49.8 Å². The van der Waals surface area contributed by atoms with E-state index < -0.39 is 0 Å². The summed E-state index contributed by atoms with van der Waals surface area (Å²) in [5.41, 5.74) is 1.34. The Bertz CT molecular complexity index is 458. The van der Waals surface area contributed by atoms with E-state index in [-0.39, 0.29) is 5.91 Å². The minimum absolute atomic E-state index is 0.260. The lowest BCUT2D eigenvalue weighted by Gasteiger charge is -2.17. The Morgan fingerprint density at radius 2 is 2.15 bits per heavy atom. The average molecular weight is 275 g/mol. The van der Waals surface area contributed by atoms with Crippen LogP contribution in [-0.2, 0) is 11.3 Å². The number of likely N-dealkylation sites (tertiary alicyclic amines) is 1. The number of hydrogen-bond acceptors (Lipinski definition) is 2. The van der Waals surface area contributed by atoms with Crippen LogP contribution in [0.3, 0.4) is 0 Å². The van der Waals surface area contributed by atoms with Gasteiger partial charge in [0.15, 0.2) is 0 Å². The Labute approximate surface area is 121 Å². The normalized spacial score (nSPS) is 20.4. The number of hydrogen-bond donors (Lipinski definition) is 1. The van der Waals surface area contributed by atoms with Crippen molar-refractivity contribution in [2.75, 3.05) is 19.6 Å². The summed E-state index contributed by atoms with van der Waals surface area (Å²) in [6.45, 7) is 5.52. The minimum Gasteiger partial charge on any atom is -0.345 e. The molecule has 2 heterocycles. The van der Waals surface area contributed by atoms with Crippen LogP contribution in [0.1, 0.15) is 44.2 Å². The summed E-state index contributed by atoms with van der Waals surface area (Å²) in [4.78, 5) is 14.1. The molecule has 2 aliphatic rings. The Morgan fingerprint density at radius 1 is 1.40 bits per heavy atom. The number of amides is 1. The topological polar surface area (TPSA) is 37.3 Å². The zero-order valence-corrected chi connectivity index (χ0v) is 12.3. The van der Waals surface area contributed by atoms with Crippen LogP contribution in [0.2, 0.25) is 0 Å². The largest absolute Gasteiger partial charge is 0.345 e. The molecule has 1 aromatic rings. The van der Waals surface area contributed by atoms with Gasteiger partial charge in [0.25, 0.3) is 0 Å². The highest BCUT2D eigenvalue weighted by Gasteiger charge is 2.32. The van der Waals surface area contributed by atoms with Crippen molar-refractivity contribution in [1.82, 2.24) is 14.8 Å². The van der Waals surface area contributed by atoms with E-state index in [9.17, 15) is 4.79 Å². The molecule has 1 N–H and O–H groups in total. The third kappa shape index (κ3) is 3.06. The fourth-order valence-electron chi connectivity index (χ4n) is 3.17. The molecule has 0 radical (unpaired) electrons. The molecule has 3 rings (SSSR count). The molecule has 0 spiro atoms. The number of aromatic nitrogens is 1. The number of nitrogens with one attached hydrogen (secondary N) is 1. The smallest absolute Gasteiger partial charge is 0.242 e. The van der Waals surface area contributed by atoms with E-state index in [1.165, 1.54) is 18.4 Å².